The Morgan fingerprint density at radius 3 is 1.44 bits per heavy atom. The highest BCUT2D eigenvalue weighted by Crippen LogP contribution is 2.36. The molecular formula is C10H5F6. The van der Waals surface area contributed by atoms with Crippen molar-refractivity contribution in [1.82, 2.24) is 0 Å². The molecule has 1 rings (SSSR count). The number of hydrogen-bond acceptors (Lipinski definition) is 0. The maximum atomic E-state index is 12.3. The lowest BCUT2D eigenvalue weighted by Gasteiger charge is -2.12. The van der Waals surface area contributed by atoms with E-state index in [0.29, 0.717) is 18.2 Å². The van der Waals surface area contributed by atoms with E-state index in [9.17, 15) is 26.3 Å². The topological polar surface area (TPSA) is 0 Å². The first kappa shape index (κ1) is 12.6. The molecule has 0 fully saturated rings. The second-order valence-electron chi connectivity index (χ2n) is 3.01. The standard InChI is InChI=1S/C10H5F6/c1-2-6-3-7(9(11,12)13)5-8(4-6)10(14,15)16/h1-5H. The Kier molecular flexibility index (Phi) is 3.03. The van der Waals surface area contributed by atoms with Crippen molar-refractivity contribution in [1.29, 1.82) is 0 Å². The summed E-state index contributed by atoms with van der Waals surface area (Å²) in [5.74, 6) is 0. The summed E-state index contributed by atoms with van der Waals surface area (Å²) in [6.07, 6.45) is -8.98. The van der Waals surface area contributed by atoms with Crippen LogP contribution in [0.2, 0.25) is 0 Å². The second-order valence-corrected chi connectivity index (χ2v) is 3.01. The summed E-state index contributed by atoms with van der Waals surface area (Å²) in [5.41, 5.74) is -3.08. The molecule has 1 aromatic carbocycles. The molecule has 1 aromatic rings. The van der Waals surface area contributed by atoms with Gasteiger partial charge in [0.05, 0.1) is 11.1 Å². The van der Waals surface area contributed by atoms with E-state index in [1.54, 1.807) is 0 Å². The lowest BCUT2D eigenvalue weighted by atomic mass is 10.0. The molecule has 0 saturated heterocycles. The maximum Gasteiger partial charge on any atom is 0.416 e. The molecule has 0 aliphatic heterocycles. The van der Waals surface area contributed by atoms with E-state index in [0.717, 1.165) is 0 Å². The van der Waals surface area contributed by atoms with Crippen LogP contribution in [0.1, 0.15) is 16.7 Å². The fourth-order valence-electron chi connectivity index (χ4n) is 1.08. The zero-order chi connectivity index (χ0) is 12.6. The Hall–Kier alpha value is -1.46. The van der Waals surface area contributed by atoms with Crippen molar-refractivity contribution in [2.45, 2.75) is 12.4 Å². The number of halogens is 6. The predicted octanol–water partition coefficient (Wildman–Crippen LogP) is 4.17. The quantitative estimate of drug-likeness (QED) is 0.645. The van der Waals surface area contributed by atoms with Gasteiger partial charge in [0.1, 0.15) is 0 Å². The maximum absolute atomic E-state index is 12.3. The van der Waals surface area contributed by atoms with Crippen LogP contribution in [0.15, 0.2) is 18.2 Å². The van der Waals surface area contributed by atoms with E-state index in [1.165, 1.54) is 0 Å². The molecule has 0 unspecified atom stereocenters. The van der Waals surface area contributed by atoms with Crippen LogP contribution >= 0.6 is 0 Å². The number of alkyl halides is 6. The van der Waals surface area contributed by atoms with Gasteiger partial charge in [-0.1, -0.05) is 12.7 Å². The molecule has 16 heavy (non-hydrogen) atoms. The van der Waals surface area contributed by atoms with Gasteiger partial charge in [-0.05, 0) is 23.8 Å². The van der Waals surface area contributed by atoms with E-state index in [1.807, 2.05) is 0 Å². The van der Waals surface area contributed by atoms with Crippen molar-refractivity contribution in [3.05, 3.63) is 41.5 Å². The fraction of sp³-hybridized carbons (Fsp3) is 0.200. The summed E-state index contributed by atoms with van der Waals surface area (Å²) >= 11 is 0. The molecule has 0 aromatic heterocycles. The lowest BCUT2D eigenvalue weighted by molar-refractivity contribution is -0.143. The molecule has 87 valence electrons. The van der Waals surface area contributed by atoms with Gasteiger partial charge >= 0.3 is 12.4 Å². The van der Waals surface area contributed by atoms with Gasteiger partial charge in [0, 0.05) is 0 Å². The van der Waals surface area contributed by atoms with E-state index in [4.69, 9.17) is 6.58 Å². The Morgan fingerprint density at radius 1 is 0.812 bits per heavy atom. The zero-order valence-corrected chi connectivity index (χ0v) is 7.65. The minimum absolute atomic E-state index is 0.0486. The molecule has 1 radical (unpaired) electrons. The largest absolute Gasteiger partial charge is 0.416 e. The second kappa shape index (κ2) is 3.84. The predicted molar refractivity (Wildman–Crippen MR) is 45.2 cm³/mol. The molecule has 0 bridgehead atoms. The zero-order valence-electron chi connectivity index (χ0n) is 7.65. The third kappa shape index (κ3) is 2.77. The minimum Gasteiger partial charge on any atom is -0.166 e. The van der Waals surface area contributed by atoms with Crippen molar-refractivity contribution in [2.75, 3.05) is 0 Å². The smallest absolute Gasteiger partial charge is 0.166 e. The van der Waals surface area contributed by atoms with Gasteiger partial charge in [0.2, 0.25) is 0 Å². The highest BCUT2D eigenvalue weighted by atomic mass is 19.4. The van der Waals surface area contributed by atoms with Gasteiger partial charge in [-0.25, -0.2) is 0 Å². The monoisotopic (exact) mass is 239 g/mol. The van der Waals surface area contributed by atoms with E-state index >= 15 is 0 Å². The Balaban J connectivity index is 3.39. The SMILES string of the molecule is [CH]=Cc1cc(C(F)(F)F)cc(C(F)(F)F)c1. The molecular weight excluding hydrogens is 234 g/mol. The molecule has 0 atom stereocenters. The number of hydrogen-bond donors (Lipinski definition) is 0. The molecule has 6 heteroatoms. The molecule has 0 nitrogen and oxygen atoms in total. The minimum atomic E-state index is -4.83. The van der Waals surface area contributed by atoms with E-state index in [2.05, 4.69) is 0 Å². The Labute approximate surface area is 87.2 Å². The first-order valence-corrected chi connectivity index (χ1v) is 3.99. The third-order valence-electron chi connectivity index (χ3n) is 1.80. The van der Waals surface area contributed by atoms with Crippen molar-refractivity contribution in [2.24, 2.45) is 0 Å². The van der Waals surface area contributed by atoms with Crippen LogP contribution in [0.5, 0.6) is 0 Å². The molecule has 0 N–H and O–H groups in total. The molecule has 0 saturated carbocycles. The lowest BCUT2D eigenvalue weighted by Crippen LogP contribution is -2.11. The first-order chi connectivity index (χ1) is 7.14. The van der Waals surface area contributed by atoms with Crippen molar-refractivity contribution in [3.63, 3.8) is 0 Å². The van der Waals surface area contributed by atoms with Crippen LogP contribution in [0.4, 0.5) is 26.3 Å². The van der Waals surface area contributed by atoms with Crippen LogP contribution in [0, 0.1) is 6.58 Å². The normalized spacial score (nSPS) is 12.6. The van der Waals surface area contributed by atoms with Crippen LogP contribution < -0.4 is 0 Å². The summed E-state index contributed by atoms with van der Waals surface area (Å²) in [6, 6.07) is 1.15. The van der Waals surface area contributed by atoms with Gasteiger partial charge in [-0.15, -0.1) is 0 Å². The molecule has 0 spiro atoms. The van der Waals surface area contributed by atoms with Crippen molar-refractivity contribution >= 4 is 6.08 Å². The van der Waals surface area contributed by atoms with Gasteiger partial charge in [0.25, 0.3) is 0 Å². The highest BCUT2D eigenvalue weighted by molar-refractivity contribution is 5.50. The Morgan fingerprint density at radius 2 is 1.19 bits per heavy atom. The van der Waals surface area contributed by atoms with Gasteiger partial charge in [0.15, 0.2) is 0 Å². The van der Waals surface area contributed by atoms with Gasteiger partial charge in [-0.2, -0.15) is 26.3 Å². The third-order valence-corrected chi connectivity index (χ3v) is 1.80. The summed E-state index contributed by atoms with van der Waals surface area (Å²) < 4.78 is 73.5. The number of rotatable bonds is 1. The highest BCUT2D eigenvalue weighted by Gasteiger charge is 2.36. The first-order valence-electron chi connectivity index (χ1n) is 3.99. The van der Waals surface area contributed by atoms with E-state index in [-0.39, 0.29) is 11.6 Å². The summed E-state index contributed by atoms with van der Waals surface area (Å²) in [4.78, 5) is 0. The van der Waals surface area contributed by atoms with Gasteiger partial charge in [-0.3, -0.25) is 0 Å². The van der Waals surface area contributed by atoms with Gasteiger partial charge < -0.3 is 0 Å². The molecule has 0 aliphatic rings. The molecule has 0 aliphatic carbocycles. The van der Waals surface area contributed by atoms with Crippen LogP contribution in [-0.2, 0) is 12.4 Å². The molecule has 0 heterocycles. The van der Waals surface area contributed by atoms with Crippen LogP contribution in [0.25, 0.3) is 6.08 Å². The summed E-state index contributed by atoms with van der Waals surface area (Å²) in [6.45, 7) is 4.91. The van der Waals surface area contributed by atoms with Crippen LogP contribution in [0.3, 0.4) is 0 Å². The van der Waals surface area contributed by atoms with Crippen molar-refractivity contribution < 1.29 is 26.3 Å². The Bertz CT molecular complexity index is 367. The average Bonchev–Trinajstić information content (AvgIpc) is 2.14. The molecule has 0 amide bonds. The fourth-order valence-corrected chi connectivity index (χ4v) is 1.08. The van der Waals surface area contributed by atoms with Crippen molar-refractivity contribution in [3.8, 4) is 0 Å². The summed E-state index contributed by atoms with van der Waals surface area (Å²) in [5, 5.41) is 0. The number of benzene rings is 1. The van der Waals surface area contributed by atoms with Crippen LogP contribution in [-0.4, -0.2) is 0 Å². The summed E-state index contributed by atoms with van der Waals surface area (Å²) in [7, 11) is 0. The van der Waals surface area contributed by atoms with E-state index < -0.39 is 23.5 Å². The average molecular weight is 239 g/mol.